The zero-order chi connectivity index (χ0) is 16.8. The minimum atomic E-state index is 0.322. The van der Waals surface area contributed by atoms with E-state index < -0.39 is 0 Å². The van der Waals surface area contributed by atoms with Crippen LogP contribution in [0.15, 0.2) is 0 Å². The van der Waals surface area contributed by atoms with E-state index in [0.29, 0.717) is 12.1 Å². The van der Waals surface area contributed by atoms with E-state index in [-0.39, 0.29) is 0 Å². The van der Waals surface area contributed by atoms with Gasteiger partial charge in [0.15, 0.2) is 0 Å². The summed E-state index contributed by atoms with van der Waals surface area (Å²) in [6.07, 6.45) is 12.7. The number of nitrogens with zero attached hydrogens (tertiary/aromatic N) is 3. The second-order valence-corrected chi connectivity index (χ2v) is 8.35. The van der Waals surface area contributed by atoms with Crippen molar-refractivity contribution in [1.29, 1.82) is 0 Å². The Bertz CT molecular complexity index is 382. The van der Waals surface area contributed by atoms with Gasteiger partial charge in [0.1, 0.15) is 0 Å². The second-order valence-electron chi connectivity index (χ2n) is 8.35. The predicted octanol–water partition coefficient (Wildman–Crippen LogP) is 3.96. The summed E-state index contributed by atoms with van der Waals surface area (Å²) in [4.78, 5) is 19.9. The van der Waals surface area contributed by atoms with Crippen molar-refractivity contribution >= 4 is 6.03 Å². The minimum Gasteiger partial charge on any atom is -0.325 e. The Morgan fingerprint density at radius 2 is 1.29 bits per heavy atom. The van der Waals surface area contributed by atoms with Crippen molar-refractivity contribution in [3.8, 4) is 0 Å². The lowest BCUT2D eigenvalue weighted by molar-refractivity contribution is 0.0748. The molecule has 24 heavy (non-hydrogen) atoms. The molecule has 0 saturated carbocycles. The lowest BCUT2D eigenvalue weighted by Gasteiger charge is -2.42. The summed E-state index contributed by atoms with van der Waals surface area (Å²) in [5.74, 6) is 0.850. The van der Waals surface area contributed by atoms with E-state index in [4.69, 9.17) is 0 Å². The molecule has 0 aromatic rings. The predicted molar refractivity (Wildman–Crippen MR) is 99.2 cm³/mol. The highest BCUT2D eigenvalue weighted by molar-refractivity contribution is 5.74. The van der Waals surface area contributed by atoms with Crippen LogP contribution in [0, 0.1) is 5.92 Å². The molecule has 3 aliphatic heterocycles. The molecule has 0 N–H and O–H groups in total. The van der Waals surface area contributed by atoms with Crippen LogP contribution in [-0.2, 0) is 0 Å². The molecular formula is C20H37N3O. The Labute approximate surface area is 148 Å². The monoisotopic (exact) mass is 335 g/mol. The summed E-state index contributed by atoms with van der Waals surface area (Å²) < 4.78 is 0. The third kappa shape index (κ3) is 4.87. The lowest BCUT2D eigenvalue weighted by atomic mass is 9.95. The van der Waals surface area contributed by atoms with Crippen molar-refractivity contribution < 1.29 is 4.79 Å². The van der Waals surface area contributed by atoms with E-state index in [0.717, 1.165) is 32.1 Å². The normalized spacial score (nSPS) is 29.0. The van der Waals surface area contributed by atoms with Gasteiger partial charge in [-0.3, -0.25) is 4.90 Å². The topological polar surface area (TPSA) is 26.8 Å². The van der Waals surface area contributed by atoms with Crippen molar-refractivity contribution in [2.45, 2.75) is 77.2 Å². The summed E-state index contributed by atoms with van der Waals surface area (Å²) in [6.45, 7) is 8.80. The molecule has 2 amide bonds. The molecule has 4 nitrogen and oxygen atoms in total. The largest absolute Gasteiger partial charge is 0.325 e. The summed E-state index contributed by atoms with van der Waals surface area (Å²) in [6, 6.07) is 1.04. The van der Waals surface area contributed by atoms with E-state index in [1.165, 1.54) is 77.3 Å². The van der Waals surface area contributed by atoms with Gasteiger partial charge < -0.3 is 9.80 Å². The highest BCUT2D eigenvalue weighted by atomic mass is 16.2. The maximum atomic E-state index is 12.9. The smallest absolute Gasteiger partial charge is 0.319 e. The zero-order valence-corrected chi connectivity index (χ0v) is 15.7. The number of hydrogen-bond donors (Lipinski definition) is 0. The van der Waals surface area contributed by atoms with Gasteiger partial charge in [0.2, 0.25) is 0 Å². The van der Waals surface area contributed by atoms with Crippen LogP contribution >= 0.6 is 0 Å². The van der Waals surface area contributed by atoms with Gasteiger partial charge in [0.25, 0.3) is 0 Å². The first-order chi connectivity index (χ1) is 11.7. The third-order valence-corrected chi connectivity index (χ3v) is 6.32. The second kappa shape index (κ2) is 9.07. The summed E-state index contributed by atoms with van der Waals surface area (Å²) in [5, 5.41) is 0. The first-order valence-corrected chi connectivity index (χ1v) is 10.5. The molecule has 4 heteroatoms. The van der Waals surface area contributed by atoms with Crippen LogP contribution in [0.3, 0.4) is 0 Å². The number of carbonyl (C=O) groups excluding carboxylic acids is 1. The molecule has 3 heterocycles. The van der Waals surface area contributed by atoms with E-state index in [1.54, 1.807) is 0 Å². The average molecular weight is 336 g/mol. The van der Waals surface area contributed by atoms with E-state index in [1.807, 2.05) is 0 Å². The molecule has 3 aliphatic rings. The molecule has 0 unspecified atom stereocenters. The fourth-order valence-electron chi connectivity index (χ4n) is 4.80. The summed E-state index contributed by atoms with van der Waals surface area (Å²) >= 11 is 0. The van der Waals surface area contributed by atoms with Crippen LogP contribution in [0.2, 0.25) is 0 Å². The Kier molecular flexibility index (Phi) is 6.82. The Morgan fingerprint density at radius 3 is 1.92 bits per heavy atom. The number of piperidine rings is 2. The molecule has 3 saturated heterocycles. The zero-order valence-electron chi connectivity index (χ0n) is 15.7. The minimum absolute atomic E-state index is 0.322. The number of amides is 2. The maximum absolute atomic E-state index is 12.9. The van der Waals surface area contributed by atoms with Gasteiger partial charge in [-0.05, 0) is 51.0 Å². The van der Waals surface area contributed by atoms with E-state index in [9.17, 15) is 4.79 Å². The fourth-order valence-corrected chi connectivity index (χ4v) is 4.80. The van der Waals surface area contributed by atoms with E-state index in [2.05, 4.69) is 21.6 Å². The van der Waals surface area contributed by atoms with Crippen LogP contribution in [0.25, 0.3) is 0 Å². The number of rotatable bonds is 1. The number of carbonyl (C=O) groups is 1. The molecule has 0 aromatic carbocycles. The molecule has 0 radical (unpaired) electrons. The Balaban J connectivity index is 1.47. The molecule has 138 valence electrons. The third-order valence-electron chi connectivity index (χ3n) is 6.32. The first-order valence-electron chi connectivity index (χ1n) is 10.5. The van der Waals surface area contributed by atoms with Crippen molar-refractivity contribution in [2.75, 3.05) is 39.3 Å². The molecule has 0 aromatic heterocycles. The molecular weight excluding hydrogens is 298 g/mol. The van der Waals surface area contributed by atoms with Gasteiger partial charge >= 0.3 is 6.03 Å². The van der Waals surface area contributed by atoms with Gasteiger partial charge in [-0.25, -0.2) is 4.79 Å². The molecule has 0 spiro atoms. The van der Waals surface area contributed by atoms with E-state index >= 15 is 0 Å². The molecule has 3 fully saturated rings. The highest BCUT2D eigenvalue weighted by Gasteiger charge is 2.30. The fraction of sp³-hybridized carbons (Fsp3) is 0.950. The quantitative estimate of drug-likeness (QED) is 0.725. The Hall–Kier alpha value is -0.770. The van der Waals surface area contributed by atoms with Gasteiger partial charge in [0, 0.05) is 38.8 Å². The SMILES string of the molecule is C[C@@H]1CCCN(C2CCN(C(=O)N3CCCCCCCC3)CC2)C1. The van der Waals surface area contributed by atoms with Gasteiger partial charge in [-0.15, -0.1) is 0 Å². The van der Waals surface area contributed by atoms with Crippen LogP contribution in [-0.4, -0.2) is 66.0 Å². The van der Waals surface area contributed by atoms with Crippen molar-refractivity contribution in [3.63, 3.8) is 0 Å². The van der Waals surface area contributed by atoms with Crippen LogP contribution in [0.4, 0.5) is 4.79 Å². The van der Waals surface area contributed by atoms with Gasteiger partial charge in [-0.2, -0.15) is 0 Å². The number of likely N-dealkylation sites (tertiary alicyclic amines) is 2. The van der Waals surface area contributed by atoms with Crippen LogP contribution < -0.4 is 0 Å². The van der Waals surface area contributed by atoms with Crippen molar-refractivity contribution in [2.24, 2.45) is 5.92 Å². The summed E-state index contributed by atoms with van der Waals surface area (Å²) in [5.41, 5.74) is 0. The number of urea groups is 1. The Morgan fingerprint density at radius 1 is 0.708 bits per heavy atom. The molecule has 3 rings (SSSR count). The number of hydrogen-bond acceptors (Lipinski definition) is 2. The molecule has 1 atom stereocenters. The lowest BCUT2D eigenvalue weighted by Crippen LogP contribution is -2.52. The average Bonchev–Trinajstić information content (AvgIpc) is 2.75. The van der Waals surface area contributed by atoms with Gasteiger partial charge in [0.05, 0.1) is 0 Å². The van der Waals surface area contributed by atoms with Crippen molar-refractivity contribution in [3.05, 3.63) is 0 Å². The standard InChI is InChI=1S/C20H37N3O/c1-18-9-8-14-23(17-18)19-10-15-22(16-11-19)20(24)21-12-6-4-2-3-5-7-13-21/h18-19H,2-17H2,1H3/t18-/m1/s1. The van der Waals surface area contributed by atoms with Crippen molar-refractivity contribution in [1.82, 2.24) is 14.7 Å². The highest BCUT2D eigenvalue weighted by Crippen LogP contribution is 2.24. The summed E-state index contributed by atoms with van der Waals surface area (Å²) in [7, 11) is 0. The first kappa shape index (κ1) is 18.0. The maximum Gasteiger partial charge on any atom is 0.319 e. The van der Waals surface area contributed by atoms with Gasteiger partial charge in [-0.1, -0.05) is 32.6 Å². The molecule has 0 bridgehead atoms. The van der Waals surface area contributed by atoms with Crippen LogP contribution in [0.5, 0.6) is 0 Å². The van der Waals surface area contributed by atoms with Crippen LogP contribution in [0.1, 0.15) is 71.1 Å². The molecule has 0 aliphatic carbocycles.